The number of β-amino-alcohol motifs (C(OH)–C–C–N with tert-alkyl or cyclic N) is 1. The lowest BCUT2D eigenvalue weighted by Gasteiger charge is -2.20. The second-order valence-electron chi connectivity index (χ2n) is 5.93. The first-order chi connectivity index (χ1) is 9.49. The molecule has 112 valence electrons. The Morgan fingerprint density at radius 2 is 2.15 bits per heavy atom. The van der Waals surface area contributed by atoms with E-state index in [9.17, 15) is 5.11 Å². The predicted octanol–water partition coefficient (Wildman–Crippen LogP) is 1.60. The fraction of sp³-hybridized carbons (Fsp3) is 0.733. The van der Waals surface area contributed by atoms with E-state index in [0.29, 0.717) is 6.04 Å². The summed E-state index contributed by atoms with van der Waals surface area (Å²) < 4.78 is 0. The Morgan fingerprint density at radius 3 is 2.75 bits per heavy atom. The molecule has 0 amide bonds. The van der Waals surface area contributed by atoms with Gasteiger partial charge in [-0.05, 0) is 27.2 Å². The minimum absolute atomic E-state index is 0.0428. The lowest BCUT2D eigenvalue weighted by Crippen LogP contribution is -2.33. The highest BCUT2D eigenvalue weighted by molar-refractivity contribution is 5.38. The van der Waals surface area contributed by atoms with Crippen LogP contribution < -0.4 is 5.32 Å². The molecule has 5 heteroatoms. The van der Waals surface area contributed by atoms with E-state index in [1.54, 1.807) is 0 Å². The number of likely N-dealkylation sites (tertiary alicyclic amines) is 1. The Bertz CT molecular complexity index is 449. The van der Waals surface area contributed by atoms with Gasteiger partial charge in [-0.3, -0.25) is 4.90 Å². The molecule has 1 aromatic rings. The monoisotopic (exact) mass is 278 g/mol. The smallest absolute Gasteiger partial charge is 0.130 e. The van der Waals surface area contributed by atoms with Crippen LogP contribution in [0.5, 0.6) is 0 Å². The number of hydrogen-bond acceptors (Lipinski definition) is 5. The summed E-state index contributed by atoms with van der Waals surface area (Å²) in [5.74, 6) is 1.71. The minimum atomic E-state index is -0.345. The zero-order valence-electron chi connectivity index (χ0n) is 12.9. The SMILES string of the molecule is CCCc1nc(C)cc(N[C@H]2CN(C(C)C)C[C@@H]2O)n1. The number of rotatable bonds is 5. The van der Waals surface area contributed by atoms with Crippen LogP contribution in [0.4, 0.5) is 5.82 Å². The minimum Gasteiger partial charge on any atom is -0.390 e. The molecule has 1 fully saturated rings. The van der Waals surface area contributed by atoms with Gasteiger partial charge in [-0.25, -0.2) is 9.97 Å². The van der Waals surface area contributed by atoms with E-state index in [2.05, 4.69) is 41.0 Å². The van der Waals surface area contributed by atoms with Gasteiger partial charge in [0, 0.05) is 37.3 Å². The third-order valence-electron chi connectivity index (χ3n) is 3.75. The van der Waals surface area contributed by atoms with Gasteiger partial charge in [-0.15, -0.1) is 0 Å². The van der Waals surface area contributed by atoms with Crippen molar-refractivity contribution in [2.45, 2.75) is 58.7 Å². The first kappa shape index (κ1) is 15.2. The Hall–Kier alpha value is -1.20. The molecule has 2 N–H and O–H groups in total. The topological polar surface area (TPSA) is 61.3 Å². The number of aliphatic hydroxyl groups is 1. The summed E-state index contributed by atoms with van der Waals surface area (Å²) >= 11 is 0. The summed E-state index contributed by atoms with van der Waals surface area (Å²) in [5.41, 5.74) is 0.971. The summed E-state index contributed by atoms with van der Waals surface area (Å²) in [6, 6.07) is 2.45. The fourth-order valence-electron chi connectivity index (χ4n) is 2.61. The molecule has 1 aliphatic heterocycles. The molecule has 5 nitrogen and oxygen atoms in total. The van der Waals surface area contributed by atoms with Crippen LogP contribution in [0.2, 0.25) is 0 Å². The number of hydrogen-bond donors (Lipinski definition) is 2. The molecule has 0 bridgehead atoms. The van der Waals surface area contributed by atoms with Crippen molar-refractivity contribution in [3.8, 4) is 0 Å². The van der Waals surface area contributed by atoms with Crippen molar-refractivity contribution in [2.75, 3.05) is 18.4 Å². The molecule has 2 atom stereocenters. The van der Waals surface area contributed by atoms with Gasteiger partial charge in [0.05, 0.1) is 12.1 Å². The summed E-state index contributed by atoms with van der Waals surface area (Å²) in [6.45, 7) is 10.00. The van der Waals surface area contributed by atoms with Crippen LogP contribution in [0.15, 0.2) is 6.07 Å². The van der Waals surface area contributed by atoms with E-state index < -0.39 is 0 Å². The molecule has 0 saturated carbocycles. The van der Waals surface area contributed by atoms with Crippen LogP contribution >= 0.6 is 0 Å². The van der Waals surface area contributed by atoms with Crippen LogP contribution in [-0.4, -0.2) is 51.3 Å². The Labute approximate surface area is 121 Å². The van der Waals surface area contributed by atoms with Gasteiger partial charge in [0.25, 0.3) is 0 Å². The van der Waals surface area contributed by atoms with E-state index >= 15 is 0 Å². The summed E-state index contributed by atoms with van der Waals surface area (Å²) in [5, 5.41) is 13.5. The largest absolute Gasteiger partial charge is 0.390 e. The number of nitrogens with one attached hydrogen (secondary N) is 1. The zero-order chi connectivity index (χ0) is 14.7. The Kier molecular flexibility index (Phi) is 4.94. The molecule has 20 heavy (non-hydrogen) atoms. The van der Waals surface area contributed by atoms with Gasteiger partial charge in [0.15, 0.2) is 0 Å². The maximum atomic E-state index is 10.2. The van der Waals surface area contributed by atoms with Gasteiger partial charge in [-0.2, -0.15) is 0 Å². The average Bonchev–Trinajstić information content (AvgIpc) is 2.71. The standard InChI is InChI=1S/C15H26N4O/c1-5-6-14-16-11(4)7-15(18-14)17-12-8-19(10(2)3)9-13(12)20/h7,10,12-13,20H,5-6,8-9H2,1-4H3,(H,16,17,18)/t12-,13-/m0/s1. The van der Waals surface area contributed by atoms with Crippen molar-refractivity contribution in [3.63, 3.8) is 0 Å². The molecule has 0 radical (unpaired) electrons. The molecular weight excluding hydrogens is 252 g/mol. The van der Waals surface area contributed by atoms with Crippen molar-refractivity contribution in [1.82, 2.24) is 14.9 Å². The quantitative estimate of drug-likeness (QED) is 0.857. The third-order valence-corrected chi connectivity index (χ3v) is 3.75. The fourth-order valence-corrected chi connectivity index (χ4v) is 2.61. The van der Waals surface area contributed by atoms with Gasteiger partial charge in [-0.1, -0.05) is 6.92 Å². The Morgan fingerprint density at radius 1 is 1.40 bits per heavy atom. The van der Waals surface area contributed by atoms with Crippen LogP contribution in [0, 0.1) is 6.92 Å². The third kappa shape index (κ3) is 3.67. The molecule has 0 unspecified atom stereocenters. The van der Waals surface area contributed by atoms with E-state index in [1.807, 2.05) is 13.0 Å². The summed E-state index contributed by atoms with van der Waals surface area (Å²) in [4.78, 5) is 11.3. The predicted molar refractivity (Wildman–Crippen MR) is 80.9 cm³/mol. The first-order valence-corrected chi connectivity index (χ1v) is 7.52. The highest BCUT2D eigenvalue weighted by Gasteiger charge is 2.32. The van der Waals surface area contributed by atoms with Gasteiger partial charge < -0.3 is 10.4 Å². The Balaban J connectivity index is 2.06. The van der Waals surface area contributed by atoms with Crippen molar-refractivity contribution < 1.29 is 5.11 Å². The molecule has 0 aliphatic carbocycles. The van der Waals surface area contributed by atoms with Gasteiger partial charge in [0.2, 0.25) is 0 Å². The maximum absolute atomic E-state index is 10.2. The number of aromatic nitrogens is 2. The van der Waals surface area contributed by atoms with E-state index in [4.69, 9.17) is 0 Å². The van der Waals surface area contributed by atoms with Gasteiger partial charge in [0.1, 0.15) is 11.6 Å². The van der Waals surface area contributed by atoms with Crippen molar-refractivity contribution in [3.05, 3.63) is 17.6 Å². The van der Waals surface area contributed by atoms with Crippen molar-refractivity contribution in [2.24, 2.45) is 0 Å². The van der Waals surface area contributed by atoms with Crippen molar-refractivity contribution >= 4 is 5.82 Å². The molecule has 1 aromatic heterocycles. The molecular formula is C15H26N4O. The normalized spacial score (nSPS) is 23.5. The number of nitrogens with zero attached hydrogens (tertiary/aromatic N) is 3. The summed E-state index contributed by atoms with van der Waals surface area (Å²) in [7, 11) is 0. The highest BCUT2D eigenvalue weighted by atomic mass is 16.3. The molecule has 0 aromatic carbocycles. The highest BCUT2D eigenvalue weighted by Crippen LogP contribution is 2.18. The zero-order valence-corrected chi connectivity index (χ0v) is 12.9. The molecule has 0 spiro atoms. The molecule has 2 rings (SSSR count). The number of aliphatic hydroxyl groups excluding tert-OH is 1. The average molecular weight is 278 g/mol. The van der Waals surface area contributed by atoms with Crippen LogP contribution in [0.3, 0.4) is 0 Å². The molecule has 1 aliphatic rings. The second-order valence-corrected chi connectivity index (χ2v) is 5.93. The molecule has 2 heterocycles. The van der Waals surface area contributed by atoms with E-state index in [-0.39, 0.29) is 12.1 Å². The first-order valence-electron chi connectivity index (χ1n) is 7.52. The lowest BCUT2D eigenvalue weighted by molar-refractivity contribution is 0.161. The van der Waals surface area contributed by atoms with Crippen LogP contribution in [-0.2, 0) is 6.42 Å². The second kappa shape index (κ2) is 6.50. The number of anilines is 1. The van der Waals surface area contributed by atoms with Crippen molar-refractivity contribution in [1.29, 1.82) is 0 Å². The number of aryl methyl sites for hydroxylation is 2. The maximum Gasteiger partial charge on any atom is 0.130 e. The van der Waals surface area contributed by atoms with Crippen LogP contribution in [0.1, 0.15) is 38.7 Å². The van der Waals surface area contributed by atoms with Crippen LogP contribution in [0.25, 0.3) is 0 Å². The lowest BCUT2D eigenvalue weighted by atomic mass is 10.2. The summed E-state index contributed by atoms with van der Waals surface area (Å²) in [6.07, 6.45) is 1.58. The van der Waals surface area contributed by atoms with E-state index in [1.165, 1.54) is 0 Å². The molecule has 1 saturated heterocycles. The van der Waals surface area contributed by atoms with Gasteiger partial charge >= 0.3 is 0 Å². The van der Waals surface area contributed by atoms with E-state index in [0.717, 1.165) is 43.3 Å².